The number of aromatic nitrogens is 2. The molecule has 0 N–H and O–H groups in total. The van der Waals surface area contributed by atoms with Gasteiger partial charge < -0.3 is 0 Å². The Morgan fingerprint density at radius 1 is 1.06 bits per heavy atom. The van der Waals surface area contributed by atoms with E-state index in [1.165, 1.54) is 17.5 Å². The van der Waals surface area contributed by atoms with E-state index in [4.69, 9.17) is 0 Å². The lowest BCUT2D eigenvalue weighted by atomic mass is 9.97. The molecule has 0 amide bonds. The Bertz CT molecular complexity index is 587. The summed E-state index contributed by atoms with van der Waals surface area (Å²) in [7, 11) is 0. The number of aryl methyl sites for hydroxylation is 2. The third-order valence-electron chi connectivity index (χ3n) is 3.21. The van der Waals surface area contributed by atoms with Gasteiger partial charge in [-0.3, -0.25) is 4.79 Å². The second-order valence-electron chi connectivity index (χ2n) is 4.41. The van der Waals surface area contributed by atoms with Gasteiger partial charge in [0.1, 0.15) is 0 Å². The number of hydrogen-bond acceptors (Lipinski definition) is 2. The van der Waals surface area contributed by atoms with Crippen molar-refractivity contribution >= 4 is 0 Å². The van der Waals surface area contributed by atoms with Crippen LogP contribution in [0.5, 0.6) is 0 Å². The Kier molecular flexibility index (Phi) is 2.52. The van der Waals surface area contributed by atoms with Gasteiger partial charge in [0.05, 0.1) is 11.4 Å². The van der Waals surface area contributed by atoms with Crippen LogP contribution in [-0.2, 0) is 12.8 Å². The van der Waals surface area contributed by atoms with Crippen LogP contribution >= 0.6 is 0 Å². The zero-order valence-electron chi connectivity index (χ0n) is 9.60. The summed E-state index contributed by atoms with van der Waals surface area (Å²) in [6.45, 7) is 0. The first kappa shape index (κ1) is 10.3. The van der Waals surface area contributed by atoms with Crippen molar-refractivity contribution < 1.29 is 0 Å². The molecule has 0 saturated heterocycles. The van der Waals surface area contributed by atoms with Gasteiger partial charge in [0, 0.05) is 6.07 Å². The first-order valence-corrected chi connectivity index (χ1v) is 6.02. The van der Waals surface area contributed by atoms with Crippen LogP contribution in [0.15, 0.2) is 41.2 Å². The van der Waals surface area contributed by atoms with E-state index in [9.17, 15) is 4.79 Å². The minimum Gasteiger partial charge on any atom is -0.267 e. The summed E-state index contributed by atoms with van der Waals surface area (Å²) < 4.78 is 1.50. The summed E-state index contributed by atoms with van der Waals surface area (Å²) in [4.78, 5) is 12.0. The summed E-state index contributed by atoms with van der Waals surface area (Å²) in [5.74, 6) is 0. The minimum absolute atomic E-state index is 0.0307. The fraction of sp³-hybridized carbons (Fsp3) is 0.286. The van der Waals surface area contributed by atoms with Crippen LogP contribution in [0, 0.1) is 0 Å². The predicted molar refractivity (Wildman–Crippen MR) is 66.5 cm³/mol. The molecule has 3 nitrogen and oxygen atoms in total. The SMILES string of the molecule is O=c1cc2c(nn1-c1ccccc1)CCCC2. The highest BCUT2D eigenvalue weighted by Crippen LogP contribution is 2.17. The van der Waals surface area contributed by atoms with Crippen molar-refractivity contribution in [2.24, 2.45) is 0 Å². The molecule has 0 unspecified atom stereocenters. The number of benzene rings is 1. The van der Waals surface area contributed by atoms with Crippen LogP contribution < -0.4 is 5.56 Å². The summed E-state index contributed by atoms with van der Waals surface area (Å²) >= 11 is 0. The summed E-state index contributed by atoms with van der Waals surface area (Å²) in [5, 5.41) is 4.49. The van der Waals surface area contributed by atoms with Crippen molar-refractivity contribution in [1.29, 1.82) is 0 Å². The van der Waals surface area contributed by atoms with Crippen LogP contribution in [0.2, 0.25) is 0 Å². The average molecular weight is 226 g/mol. The molecular weight excluding hydrogens is 212 g/mol. The van der Waals surface area contributed by atoms with Gasteiger partial charge in [-0.25, -0.2) is 0 Å². The lowest BCUT2D eigenvalue weighted by Crippen LogP contribution is -2.24. The Morgan fingerprint density at radius 3 is 2.65 bits per heavy atom. The maximum atomic E-state index is 12.0. The Balaban J connectivity index is 2.15. The van der Waals surface area contributed by atoms with Gasteiger partial charge in [0.25, 0.3) is 5.56 Å². The Labute approximate surface area is 99.7 Å². The molecule has 0 fully saturated rings. The van der Waals surface area contributed by atoms with E-state index in [1.807, 2.05) is 30.3 Å². The molecule has 1 aliphatic carbocycles. The van der Waals surface area contributed by atoms with Crippen molar-refractivity contribution in [3.05, 3.63) is 58.0 Å². The van der Waals surface area contributed by atoms with Crippen LogP contribution in [-0.4, -0.2) is 9.78 Å². The van der Waals surface area contributed by atoms with E-state index >= 15 is 0 Å². The first-order chi connectivity index (χ1) is 8.34. The molecule has 1 aromatic heterocycles. The van der Waals surface area contributed by atoms with E-state index in [-0.39, 0.29) is 5.56 Å². The monoisotopic (exact) mass is 226 g/mol. The topological polar surface area (TPSA) is 34.9 Å². The van der Waals surface area contributed by atoms with Crippen LogP contribution in [0.1, 0.15) is 24.1 Å². The molecule has 2 aromatic rings. The molecule has 0 saturated carbocycles. The molecule has 1 aliphatic rings. The summed E-state index contributed by atoms with van der Waals surface area (Å²) in [6, 6.07) is 11.3. The third-order valence-corrected chi connectivity index (χ3v) is 3.21. The predicted octanol–water partition coefficient (Wildman–Crippen LogP) is 2.11. The highest BCUT2D eigenvalue weighted by Gasteiger charge is 2.13. The molecule has 86 valence electrons. The molecule has 17 heavy (non-hydrogen) atoms. The lowest BCUT2D eigenvalue weighted by molar-refractivity contribution is 0.629. The molecular formula is C14H14N2O. The molecule has 3 rings (SSSR count). The van der Waals surface area contributed by atoms with E-state index in [2.05, 4.69) is 5.10 Å². The molecule has 0 spiro atoms. The van der Waals surface area contributed by atoms with Gasteiger partial charge in [-0.05, 0) is 43.4 Å². The van der Waals surface area contributed by atoms with Gasteiger partial charge in [-0.15, -0.1) is 0 Å². The van der Waals surface area contributed by atoms with Crippen LogP contribution in [0.3, 0.4) is 0 Å². The van der Waals surface area contributed by atoms with Crippen molar-refractivity contribution in [2.75, 3.05) is 0 Å². The van der Waals surface area contributed by atoms with Crippen molar-refractivity contribution in [3.8, 4) is 5.69 Å². The standard InChI is InChI=1S/C14H14N2O/c17-14-10-11-6-4-5-9-13(11)15-16(14)12-7-2-1-3-8-12/h1-3,7-8,10H,4-6,9H2. The molecule has 1 aromatic carbocycles. The Hall–Kier alpha value is -1.90. The second-order valence-corrected chi connectivity index (χ2v) is 4.41. The van der Waals surface area contributed by atoms with E-state index < -0.39 is 0 Å². The summed E-state index contributed by atoms with van der Waals surface area (Å²) in [6.07, 6.45) is 4.33. The maximum absolute atomic E-state index is 12.0. The molecule has 3 heteroatoms. The molecule has 0 bridgehead atoms. The van der Waals surface area contributed by atoms with E-state index in [1.54, 1.807) is 6.07 Å². The number of hydrogen-bond donors (Lipinski definition) is 0. The number of nitrogens with zero attached hydrogens (tertiary/aromatic N) is 2. The molecule has 1 heterocycles. The molecule has 0 radical (unpaired) electrons. The maximum Gasteiger partial charge on any atom is 0.271 e. The van der Waals surface area contributed by atoms with Gasteiger partial charge in [0.2, 0.25) is 0 Å². The third kappa shape index (κ3) is 1.88. The minimum atomic E-state index is -0.0307. The van der Waals surface area contributed by atoms with Gasteiger partial charge in [-0.1, -0.05) is 18.2 Å². The van der Waals surface area contributed by atoms with Gasteiger partial charge in [0.15, 0.2) is 0 Å². The molecule has 0 aliphatic heterocycles. The fourth-order valence-electron chi connectivity index (χ4n) is 2.32. The Morgan fingerprint density at radius 2 is 1.82 bits per heavy atom. The number of fused-ring (bicyclic) bond motifs is 1. The van der Waals surface area contributed by atoms with Gasteiger partial charge >= 0.3 is 0 Å². The van der Waals surface area contributed by atoms with Crippen molar-refractivity contribution in [1.82, 2.24) is 9.78 Å². The normalized spacial score (nSPS) is 14.4. The smallest absolute Gasteiger partial charge is 0.267 e. The van der Waals surface area contributed by atoms with E-state index in [0.29, 0.717) is 0 Å². The quantitative estimate of drug-likeness (QED) is 0.746. The van der Waals surface area contributed by atoms with Crippen molar-refractivity contribution in [3.63, 3.8) is 0 Å². The second kappa shape index (κ2) is 4.17. The first-order valence-electron chi connectivity index (χ1n) is 6.02. The van der Waals surface area contributed by atoms with Crippen molar-refractivity contribution in [2.45, 2.75) is 25.7 Å². The van der Waals surface area contributed by atoms with E-state index in [0.717, 1.165) is 29.8 Å². The fourth-order valence-corrected chi connectivity index (χ4v) is 2.32. The number of rotatable bonds is 1. The highest BCUT2D eigenvalue weighted by atomic mass is 16.1. The highest BCUT2D eigenvalue weighted by molar-refractivity contribution is 5.31. The largest absolute Gasteiger partial charge is 0.271 e. The van der Waals surface area contributed by atoms with Gasteiger partial charge in [-0.2, -0.15) is 9.78 Å². The van der Waals surface area contributed by atoms with Crippen LogP contribution in [0.4, 0.5) is 0 Å². The average Bonchev–Trinajstić information content (AvgIpc) is 2.39. The number of para-hydroxylation sites is 1. The molecule has 0 atom stereocenters. The zero-order chi connectivity index (χ0) is 11.7. The summed E-state index contributed by atoms with van der Waals surface area (Å²) in [5.41, 5.74) is 3.02. The lowest BCUT2D eigenvalue weighted by Gasteiger charge is -2.15. The zero-order valence-corrected chi connectivity index (χ0v) is 9.60. The van der Waals surface area contributed by atoms with Crippen LogP contribution in [0.25, 0.3) is 5.69 Å².